The van der Waals surface area contributed by atoms with Crippen LogP contribution in [0.3, 0.4) is 0 Å². The number of fused-ring (bicyclic) bond motifs is 16. The molecule has 0 aliphatic carbocycles. The van der Waals surface area contributed by atoms with E-state index in [1.165, 1.54) is 26.4 Å². The Morgan fingerprint density at radius 3 is 1.32 bits per heavy atom. The molecule has 2 aromatic rings. The number of benzene rings is 2. The number of methoxy groups -OCH3 is 2. The maximum atomic E-state index is 13.8. The van der Waals surface area contributed by atoms with Gasteiger partial charge in [0.15, 0.2) is 35.2 Å². The Hall–Kier alpha value is -5.22. The van der Waals surface area contributed by atoms with Crippen LogP contribution >= 0.6 is 0 Å². The van der Waals surface area contributed by atoms with Gasteiger partial charge in [-0.25, -0.2) is 0 Å². The van der Waals surface area contributed by atoms with Crippen LogP contribution in [0.1, 0.15) is 11.1 Å². The normalized spacial score (nSPS) is 38.2. The largest absolute Gasteiger partial charge is 0.504 e. The van der Waals surface area contributed by atoms with Gasteiger partial charge >= 0.3 is 0 Å². The molecule has 12 atom stereocenters. The fourth-order valence-electron chi connectivity index (χ4n) is 9.65. The number of ether oxygens (including phenoxy) is 4. The van der Waals surface area contributed by atoms with Crippen molar-refractivity contribution >= 4 is 35.1 Å². The predicted octanol–water partition coefficient (Wildman–Crippen LogP) is 0.0178. The standard InChI is InChI=1S/C34H30N4O12/c1-45-15-5-3-11(9-13(15)39)23-21-25-17-19(27(47-25)29(21)49-35-23)33(43)37(31(17)41)7-8-38-32(42)18-20(34(38)44)28-30-22(26(18)48-28)24(36-50-30)12-4-6-16(46-2)14(40)10-12/h3-6,9-10,17-22,25-30,39-40H,7-8H2,1-2H3/t17-,18-,19+,20+,21-,22-,25-,26-,27+,28+,29-,30-/m1/s1. The van der Waals surface area contributed by atoms with Gasteiger partial charge in [-0.15, -0.1) is 0 Å². The van der Waals surface area contributed by atoms with Crippen LogP contribution in [0.4, 0.5) is 0 Å². The first-order valence-electron chi connectivity index (χ1n) is 16.5. The molecule has 0 aromatic heterocycles. The average molecular weight is 687 g/mol. The number of phenolic OH excluding ortho intramolecular Hbond substituents is 2. The topological polar surface area (TPSA) is 195 Å². The van der Waals surface area contributed by atoms with Crippen LogP contribution in [0, 0.1) is 35.5 Å². The molecule has 6 saturated heterocycles. The number of carbonyl (C=O) groups is 4. The second-order valence-electron chi connectivity index (χ2n) is 13.8. The first-order chi connectivity index (χ1) is 24.2. The second kappa shape index (κ2) is 10.2. The number of carbonyl (C=O) groups excluding carboxylic acids is 4. The van der Waals surface area contributed by atoms with Gasteiger partial charge in [0.05, 0.1) is 73.4 Å². The highest BCUT2D eigenvalue weighted by Gasteiger charge is 2.74. The number of amides is 4. The fourth-order valence-corrected chi connectivity index (χ4v) is 9.65. The van der Waals surface area contributed by atoms with E-state index in [4.69, 9.17) is 28.6 Å². The third-order valence-corrected chi connectivity index (χ3v) is 11.8. The van der Waals surface area contributed by atoms with E-state index in [9.17, 15) is 29.4 Å². The Morgan fingerprint density at radius 1 is 0.580 bits per heavy atom. The maximum absolute atomic E-state index is 13.8. The van der Waals surface area contributed by atoms with Gasteiger partial charge in [-0.05, 0) is 36.4 Å². The predicted molar refractivity (Wildman–Crippen MR) is 164 cm³/mol. The van der Waals surface area contributed by atoms with Crippen LogP contribution in [0.15, 0.2) is 46.7 Å². The number of likely N-dealkylation sites (tertiary alicyclic amines) is 2. The Morgan fingerprint density at radius 2 is 0.960 bits per heavy atom. The number of oxime groups is 2. The van der Waals surface area contributed by atoms with E-state index in [-0.39, 0.29) is 24.6 Å². The molecule has 2 aromatic carbocycles. The molecule has 0 radical (unpaired) electrons. The Labute approximate surface area is 283 Å². The molecule has 8 aliphatic heterocycles. The van der Waals surface area contributed by atoms with Gasteiger partial charge in [0.2, 0.25) is 23.6 Å². The van der Waals surface area contributed by atoms with E-state index in [0.717, 1.165) is 9.80 Å². The summed E-state index contributed by atoms with van der Waals surface area (Å²) >= 11 is 0. The molecule has 16 nitrogen and oxygen atoms in total. The summed E-state index contributed by atoms with van der Waals surface area (Å²) in [5, 5.41) is 29.2. The minimum Gasteiger partial charge on any atom is -0.504 e. The van der Waals surface area contributed by atoms with Gasteiger partial charge in [0, 0.05) is 24.2 Å². The van der Waals surface area contributed by atoms with Crippen molar-refractivity contribution in [1.29, 1.82) is 0 Å². The van der Waals surface area contributed by atoms with Crippen molar-refractivity contribution in [3.63, 3.8) is 0 Å². The summed E-state index contributed by atoms with van der Waals surface area (Å²) in [6.45, 7) is -0.302. The number of rotatable bonds is 7. The van der Waals surface area contributed by atoms with Crippen molar-refractivity contribution < 1.29 is 58.0 Å². The fraction of sp³-hybridized carbons (Fsp3) is 0.471. The molecule has 2 N–H and O–H groups in total. The van der Waals surface area contributed by atoms with Crippen molar-refractivity contribution in [1.82, 2.24) is 9.80 Å². The van der Waals surface area contributed by atoms with Crippen molar-refractivity contribution in [2.24, 2.45) is 45.8 Å². The summed E-state index contributed by atoms with van der Waals surface area (Å²) in [5.41, 5.74) is 2.20. The first kappa shape index (κ1) is 29.7. The highest BCUT2D eigenvalue weighted by Crippen LogP contribution is 2.56. The summed E-state index contributed by atoms with van der Waals surface area (Å²) in [7, 11) is 2.89. The number of phenols is 2. The Kier molecular flexibility index (Phi) is 6.03. The summed E-state index contributed by atoms with van der Waals surface area (Å²) in [6.07, 6.45) is -3.90. The third-order valence-electron chi connectivity index (χ3n) is 11.8. The molecule has 4 amide bonds. The van der Waals surface area contributed by atoms with Gasteiger partial charge in [0.25, 0.3) is 0 Å². The summed E-state index contributed by atoms with van der Waals surface area (Å²) < 4.78 is 22.6. The lowest BCUT2D eigenvalue weighted by molar-refractivity contribution is -0.148. The SMILES string of the molecule is COc1ccc(C2=NO[C@H]3[C@H]4O[C@@H]([C@@H]23)[C@@H]2C(=O)N(CCN3C(=O)[C@@H]5[C@@H]6O[C@@H]([C@H]7C(c8ccc(OC)c(O)c8)=NO[C@@H]67)[C@@H]5C3=O)C(=O)[C@H]42)cc1O. The number of nitrogens with zero attached hydrogens (tertiary/aromatic N) is 4. The van der Waals surface area contributed by atoms with Crippen molar-refractivity contribution in [3.05, 3.63) is 47.5 Å². The lowest BCUT2D eigenvalue weighted by Gasteiger charge is -2.26. The third kappa shape index (κ3) is 3.61. The lowest BCUT2D eigenvalue weighted by atomic mass is 9.71. The minimum absolute atomic E-state index is 0.0760. The summed E-state index contributed by atoms with van der Waals surface area (Å²) in [4.78, 5) is 68.8. The van der Waals surface area contributed by atoms with Gasteiger partial charge < -0.3 is 38.8 Å². The zero-order valence-electron chi connectivity index (χ0n) is 26.6. The average Bonchev–Trinajstić information content (AvgIpc) is 3.96. The van der Waals surface area contributed by atoms with E-state index in [1.807, 2.05) is 0 Å². The zero-order chi connectivity index (χ0) is 34.3. The van der Waals surface area contributed by atoms with Crippen LogP contribution in [-0.2, 0) is 38.3 Å². The van der Waals surface area contributed by atoms with Crippen LogP contribution < -0.4 is 9.47 Å². The van der Waals surface area contributed by atoms with Crippen LogP contribution in [-0.4, -0.2) is 119 Å². The highest BCUT2D eigenvalue weighted by atomic mass is 16.7. The Balaban J connectivity index is 0.844. The molecule has 6 fully saturated rings. The van der Waals surface area contributed by atoms with E-state index < -0.39 is 95.8 Å². The zero-order valence-corrected chi connectivity index (χ0v) is 26.6. The lowest BCUT2D eigenvalue weighted by Crippen LogP contribution is -2.45. The van der Waals surface area contributed by atoms with E-state index >= 15 is 0 Å². The number of hydrogen-bond acceptors (Lipinski definition) is 14. The van der Waals surface area contributed by atoms with Gasteiger partial charge in [0.1, 0.15) is 12.2 Å². The van der Waals surface area contributed by atoms with Crippen molar-refractivity contribution in [3.8, 4) is 23.0 Å². The van der Waals surface area contributed by atoms with Crippen molar-refractivity contribution in [2.75, 3.05) is 27.3 Å². The maximum Gasteiger partial charge on any atom is 0.236 e. The minimum atomic E-state index is -0.771. The molecule has 258 valence electrons. The first-order valence-corrected chi connectivity index (χ1v) is 16.5. The molecule has 0 spiro atoms. The number of imide groups is 2. The molecule has 8 heterocycles. The molecule has 8 aliphatic rings. The molecular formula is C34H30N4O12. The highest BCUT2D eigenvalue weighted by molar-refractivity contribution is 6.11. The quantitative estimate of drug-likeness (QED) is 0.371. The van der Waals surface area contributed by atoms with Gasteiger partial charge in [-0.1, -0.05) is 10.3 Å². The van der Waals surface area contributed by atoms with Crippen molar-refractivity contribution in [2.45, 2.75) is 36.6 Å². The number of hydrogen-bond donors (Lipinski definition) is 2. The van der Waals surface area contributed by atoms with Gasteiger partial charge in [-0.3, -0.25) is 29.0 Å². The van der Waals surface area contributed by atoms with E-state index in [0.29, 0.717) is 34.0 Å². The van der Waals surface area contributed by atoms with E-state index in [2.05, 4.69) is 10.3 Å². The summed E-state index contributed by atoms with van der Waals surface area (Å²) in [5.74, 6) is -5.22. The number of aromatic hydroxyl groups is 2. The second-order valence-corrected chi connectivity index (χ2v) is 13.8. The molecule has 4 bridgehead atoms. The molecule has 50 heavy (non-hydrogen) atoms. The molecule has 10 rings (SSSR count). The molecular weight excluding hydrogens is 656 g/mol. The summed E-state index contributed by atoms with van der Waals surface area (Å²) in [6, 6.07) is 9.69. The monoisotopic (exact) mass is 686 g/mol. The van der Waals surface area contributed by atoms with Crippen LogP contribution in [0.5, 0.6) is 23.0 Å². The molecule has 16 heteroatoms. The smallest absolute Gasteiger partial charge is 0.236 e. The molecule has 0 unspecified atom stereocenters. The van der Waals surface area contributed by atoms with Crippen LogP contribution in [0.2, 0.25) is 0 Å². The van der Waals surface area contributed by atoms with Crippen LogP contribution in [0.25, 0.3) is 0 Å². The van der Waals surface area contributed by atoms with E-state index in [1.54, 1.807) is 24.3 Å². The Bertz CT molecular complexity index is 1840. The molecule has 0 saturated carbocycles. The van der Waals surface area contributed by atoms with Gasteiger partial charge in [-0.2, -0.15) is 0 Å².